The minimum atomic E-state index is 0.299. The molecule has 0 radical (unpaired) electrons. The standard InChI is InChI=1S/C18H25N/c1-6-10-16-11-9-12-17(14(4)8-3)18(16)15(5)19-13-7-2/h7,9,12-14,16H,8,11H2,1-5H3/b13-7-,19-15+. The summed E-state index contributed by atoms with van der Waals surface area (Å²) in [7, 11) is 0. The first-order valence-electron chi connectivity index (χ1n) is 7.14. The van der Waals surface area contributed by atoms with Gasteiger partial charge in [0, 0.05) is 11.9 Å². The Kier molecular flexibility index (Phi) is 6.36. The van der Waals surface area contributed by atoms with Crippen LogP contribution in [0.3, 0.4) is 0 Å². The first-order chi connectivity index (χ1) is 9.15. The zero-order valence-electron chi connectivity index (χ0n) is 12.8. The Morgan fingerprint density at radius 2 is 2.32 bits per heavy atom. The van der Waals surface area contributed by atoms with Gasteiger partial charge < -0.3 is 0 Å². The molecule has 1 rings (SSSR count). The Morgan fingerprint density at radius 3 is 2.89 bits per heavy atom. The Bertz CT molecular complexity index is 478. The van der Waals surface area contributed by atoms with E-state index in [1.807, 2.05) is 26.1 Å². The third kappa shape index (κ3) is 3.96. The molecule has 1 aliphatic carbocycles. The van der Waals surface area contributed by atoms with Crippen LogP contribution in [0.15, 0.2) is 40.6 Å². The molecule has 0 fully saturated rings. The smallest absolute Gasteiger partial charge is 0.0507 e. The Hall–Kier alpha value is -1.55. The van der Waals surface area contributed by atoms with Crippen LogP contribution in [0.1, 0.15) is 47.5 Å². The molecule has 0 heterocycles. The van der Waals surface area contributed by atoms with E-state index < -0.39 is 0 Å². The van der Waals surface area contributed by atoms with Gasteiger partial charge in [-0.05, 0) is 50.7 Å². The summed E-state index contributed by atoms with van der Waals surface area (Å²) >= 11 is 0. The second-order valence-corrected chi connectivity index (χ2v) is 4.96. The summed E-state index contributed by atoms with van der Waals surface area (Å²) in [6.07, 6.45) is 10.5. The topological polar surface area (TPSA) is 12.4 Å². The summed E-state index contributed by atoms with van der Waals surface area (Å²) < 4.78 is 0. The van der Waals surface area contributed by atoms with Gasteiger partial charge in [-0.1, -0.05) is 38.0 Å². The fraction of sp³-hybridized carbons (Fsp3) is 0.500. The van der Waals surface area contributed by atoms with Crippen molar-refractivity contribution < 1.29 is 0 Å². The highest BCUT2D eigenvalue weighted by Gasteiger charge is 2.22. The number of rotatable bonds is 4. The molecule has 19 heavy (non-hydrogen) atoms. The third-order valence-electron chi connectivity index (χ3n) is 3.60. The maximum atomic E-state index is 4.54. The molecular formula is C18H25N. The third-order valence-corrected chi connectivity index (χ3v) is 3.60. The van der Waals surface area contributed by atoms with Crippen molar-refractivity contribution in [2.45, 2.75) is 47.5 Å². The van der Waals surface area contributed by atoms with Crippen LogP contribution in [-0.4, -0.2) is 5.71 Å². The summed E-state index contributed by atoms with van der Waals surface area (Å²) in [4.78, 5) is 4.54. The van der Waals surface area contributed by atoms with Crippen LogP contribution in [0.4, 0.5) is 0 Å². The highest BCUT2D eigenvalue weighted by Crippen LogP contribution is 2.32. The molecule has 0 spiro atoms. The average Bonchev–Trinajstić information content (AvgIpc) is 2.44. The average molecular weight is 255 g/mol. The molecule has 0 bridgehead atoms. The van der Waals surface area contributed by atoms with Crippen LogP contribution in [0, 0.1) is 23.7 Å². The van der Waals surface area contributed by atoms with Crippen molar-refractivity contribution >= 4 is 5.71 Å². The zero-order chi connectivity index (χ0) is 14.3. The largest absolute Gasteiger partial charge is 0.262 e. The van der Waals surface area contributed by atoms with Gasteiger partial charge >= 0.3 is 0 Å². The van der Waals surface area contributed by atoms with Crippen molar-refractivity contribution in [3.05, 3.63) is 35.6 Å². The molecule has 0 aromatic heterocycles. The monoisotopic (exact) mass is 255 g/mol. The molecule has 1 heteroatoms. The molecule has 2 atom stereocenters. The molecule has 1 aliphatic rings. The normalized spacial score (nSPS) is 21.5. The van der Waals surface area contributed by atoms with E-state index in [4.69, 9.17) is 0 Å². The minimum Gasteiger partial charge on any atom is -0.262 e. The van der Waals surface area contributed by atoms with E-state index in [0.29, 0.717) is 11.8 Å². The predicted octanol–water partition coefficient (Wildman–Crippen LogP) is 4.92. The Balaban J connectivity index is 3.31. The number of hydrogen-bond acceptors (Lipinski definition) is 1. The summed E-state index contributed by atoms with van der Waals surface area (Å²) in [5.41, 5.74) is 3.85. The van der Waals surface area contributed by atoms with Gasteiger partial charge in [0.1, 0.15) is 0 Å². The number of nitrogens with zero attached hydrogens (tertiary/aromatic N) is 1. The highest BCUT2D eigenvalue weighted by atomic mass is 14.7. The number of hydrogen-bond donors (Lipinski definition) is 0. The molecule has 0 saturated carbocycles. The zero-order valence-corrected chi connectivity index (χ0v) is 12.8. The second kappa shape index (κ2) is 7.79. The maximum absolute atomic E-state index is 4.54. The second-order valence-electron chi connectivity index (χ2n) is 4.96. The maximum Gasteiger partial charge on any atom is 0.0507 e. The van der Waals surface area contributed by atoms with Crippen molar-refractivity contribution in [1.29, 1.82) is 0 Å². The lowest BCUT2D eigenvalue weighted by atomic mass is 9.80. The molecule has 0 N–H and O–H groups in total. The summed E-state index contributed by atoms with van der Waals surface area (Å²) in [6, 6.07) is 0. The molecule has 0 aliphatic heterocycles. The van der Waals surface area contributed by atoms with E-state index >= 15 is 0 Å². The number of allylic oxidation sites excluding steroid dienone is 5. The lowest BCUT2D eigenvalue weighted by Crippen LogP contribution is -2.17. The van der Waals surface area contributed by atoms with E-state index in [1.165, 1.54) is 11.1 Å². The molecule has 0 aromatic carbocycles. The lowest BCUT2D eigenvalue weighted by Gasteiger charge is -2.25. The van der Waals surface area contributed by atoms with Gasteiger partial charge in [-0.15, -0.1) is 5.92 Å². The van der Waals surface area contributed by atoms with Gasteiger partial charge in [-0.3, -0.25) is 4.99 Å². The van der Waals surface area contributed by atoms with Crippen molar-refractivity contribution in [3.8, 4) is 11.8 Å². The SMILES string of the molecule is CC#CC1CC=CC(C(C)CC)=C1/C(C)=N/C=C\C. The molecule has 0 saturated heterocycles. The first kappa shape index (κ1) is 15.5. The lowest BCUT2D eigenvalue weighted by molar-refractivity contribution is 0.645. The van der Waals surface area contributed by atoms with Crippen LogP contribution in [0.5, 0.6) is 0 Å². The Morgan fingerprint density at radius 1 is 1.58 bits per heavy atom. The van der Waals surface area contributed by atoms with Gasteiger partial charge in [0.05, 0.1) is 5.92 Å². The van der Waals surface area contributed by atoms with Crippen LogP contribution < -0.4 is 0 Å². The van der Waals surface area contributed by atoms with E-state index in [9.17, 15) is 0 Å². The van der Waals surface area contributed by atoms with Crippen molar-refractivity contribution in [2.75, 3.05) is 0 Å². The summed E-state index contributed by atoms with van der Waals surface area (Å²) in [5, 5.41) is 0. The van der Waals surface area contributed by atoms with E-state index in [0.717, 1.165) is 18.6 Å². The summed E-state index contributed by atoms with van der Waals surface area (Å²) in [6.45, 7) is 10.5. The van der Waals surface area contributed by atoms with Crippen molar-refractivity contribution in [1.82, 2.24) is 0 Å². The van der Waals surface area contributed by atoms with Crippen LogP contribution >= 0.6 is 0 Å². The quantitative estimate of drug-likeness (QED) is 0.499. The minimum absolute atomic E-state index is 0.299. The molecular weight excluding hydrogens is 230 g/mol. The summed E-state index contributed by atoms with van der Waals surface area (Å²) in [5.74, 6) is 7.26. The molecule has 1 nitrogen and oxygen atoms in total. The predicted molar refractivity (Wildman–Crippen MR) is 85.1 cm³/mol. The molecule has 102 valence electrons. The fourth-order valence-corrected chi connectivity index (χ4v) is 2.41. The van der Waals surface area contributed by atoms with Crippen LogP contribution in [0.2, 0.25) is 0 Å². The van der Waals surface area contributed by atoms with E-state index in [-0.39, 0.29) is 0 Å². The van der Waals surface area contributed by atoms with Gasteiger partial charge in [-0.2, -0.15) is 0 Å². The Labute approximate surface area is 118 Å². The fourth-order valence-electron chi connectivity index (χ4n) is 2.41. The first-order valence-corrected chi connectivity index (χ1v) is 7.14. The molecule has 0 amide bonds. The van der Waals surface area contributed by atoms with Crippen LogP contribution in [-0.2, 0) is 0 Å². The van der Waals surface area contributed by atoms with Crippen molar-refractivity contribution in [3.63, 3.8) is 0 Å². The van der Waals surface area contributed by atoms with Gasteiger partial charge in [0.15, 0.2) is 0 Å². The molecule has 0 aromatic rings. The van der Waals surface area contributed by atoms with Gasteiger partial charge in [0.2, 0.25) is 0 Å². The van der Waals surface area contributed by atoms with Gasteiger partial charge in [-0.25, -0.2) is 0 Å². The van der Waals surface area contributed by atoms with Gasteiger partial charge in [0.25, 0.3) is 0 Å². The van der Waals surface area contributed by atoms with E-state index in [1.54, 1.807) is 0 Å². The van der Waals surface area contributed by atoms with Crippen molar-refractivity contribution in [2.24, 2.45) is 16.8 Å². The number of aliphatic imine (C=N–C) groups is 1. The molecule has 2 unspecified atom stereocenters. The highest BCUT2D eigenvalue weighted by molar-refractivity contribution is 6.01. The van der Waals surface area contributed by atoms with Crippen LogP contribution in [0.25, 0.3) is 0 Å². The van der Waals surface area contributed by atoms with E-state index in [2.05, 4.69) is 49.8 Å².